The molecule has 2 amide bonds. The molecule has 0 aromatic heterocycles. The summed E-state index contributed by atoms with van der Waals surface area (Å²) in [5.74, 6) is 0.209. The van der Waals surface area contributed by atoms with Crippen LogP contribution in [0.1, 0.15) is 32.1 Å². The summed E-state index contributed by atoms with van der Waals surface area (Å²) in [7, 11) is 1.53. The van der Waals surface area contributed by atoms with Crippen LogP contribution in [-0.4, -0.2) is 40.3 Å². The molecule has 1 heterocycles. The van der Waals surface area contributed by atoms with E-state index in [0.29, 0.717) is 21.6 Å². The van der Waals surface area contributed by atoms with Crippen molar-refractivity contribution < 1.29 is 14.3 Å². The largest absolute Gasteiger partial charge is 0.495 e. The highest BCUT2D eigenvalue weighted by atomic mass is 35.5. The average molecular weight is 458 g/mol. The fraction of sp³-hybridized carbons (Fsp3) is 0.348. The number of hydrogen-bond donors (Lipinski definition) is 1. The van der Waals surface area contributed by atoms with E-state index in [1.54, 1.807) is 18.2 Å². The third-order valence-electron chi connectivity index (χ3n) is 5.44. The Morgan fingerprint density at radius 3 is 2.68 bits per heavy atom. The van der Waals surface area contributed by atoms with Crippen molar-refractivity contribution in [1.29, 1.82) is 0 Å². The maximum atomic E-state index is 13.3. The Hall–Kier alpha value is -2.51. The van der Waals surface area contributed by atoms with Gasteiger partial charge in [-0.2, -0.15) is 0 Å². The fourth-order valence-electron chi connectivity index (χ4n) is 3.95. The van der Waals surface area contributed by atoms with Crippen molar-refractivity contribution in [3.63, 3.8) is 0 Å². The van der Waals surface area contributed by atoms with Gasteiger partial charge in [-0.25, -0.2) is 4.99 Å². The van der Waals surface area contributed by atoms with Gasteiger partial charge in [-0.05, 0) is 43.2 Å². The number of para-hydroxylation sites is 1. The molecule has 1 aliphatic heterocycles. The lowest BCUT2D eigenvalue weighted by Crippen LogP contribution is -2.40. The van der Waals surface area contributed by atoms with Gasteiger partial charge in [0, 0.05) is 17.5 Å². The minimum Gasteiger partial charge on any atom is -0.495 e. The van der Waals surface area contributed by atoms with E-state index in [0.717, 1.165) is 31.4 Å². The van der Waals surface area contributed by atoms with Gasteiger partial charge in [0.25, 0.3) is 0 Å². The lowest BCUT2D eigenvalue weighted by Gasteiger charge is -2.23. The summed E-state index contributed by atoms with van der Waals surface area (Å²) in [6, 6.07) is 14.8. The highest BCUT2D eigenvalue weighted by molar-refractivity contribution is 8.15. The molecule has 0 spiro atoms. The summed E-state index contributed by atoms with van der Waals surface area (Å²) in [6.45, 7) is 0. The Morgan fingerprint density at radius 2 is 1.97 bits per heavy atom. The van der Waals surface area contributed by atoms with Crippen LogP contribution >= 0.6 is 23.4 Å². The highest BCUT2D eigenvalue weighted by Crippen LogP contribution is 2.37. The Morgan fingerprint density at radius 1 is 1.23 bits per heavy atom. The molecular formula is C23H24ClN3O3S. The lowest BCUT2D eigenvalue weighted by atomic mass is 10.2. The summed E-state index contributed by atoms with van der Waals surface area (Å²) >= 11 is 7.42. The number of aliphatic imine (C=N–C) groups is 1. The van der Waals surface area contributed by atoms with E-state index in [1.165, 1.54) is 18.9 Å². The number of nitrogens with one attached hydrogen (secondary N) is 1. The maximum Gasteiger partial charge on any atom is 0.242 e. The molecule has 6 nitrogen and oxygen atoms in total. The number of thioether (sulfide) groups is 1. The van der Waals surface area contributed by atoms with Gasteiger partial charge in [0.15, 0.2) is 5.17 Å². The van der Waals surface area contributed by atoms with Crippen molar-refractivity contribution in [2.45, 2.75) is 43.4 Å². The first kappa shape index (κ1) is 21.7. The lowest BCUT2D eigenvalue weighted by molar-refractivity contribution is -0.129. The predicted molar refractivity (Wildman–Crippen MR) is 125 cm³/mol. The normalized spacial score (nSPS) is 20.5. The molecule has 1 N–H and O–H groups in total. The van der Waals surface area contributed by atoms with Crippen LogP contribution in [0.5, 0.6) is 5.75 Å². The van der Waals surface area contributed by atoms with Crippen molar-refractivity contribution in [2.75, 3.05) is 12.4 Å². The number of rotatable bonds is 6. The molecule has 1 saturated carbocycles. The molecule has 4 rings (SSSR count). The number of amidine groups is 1. The molecule has 2 fully saturated rings. The number of benzene rings is 2. The molecule has 1 unspecified atom stereocenters. The number of hydrogen-bond acceptors (Lipinski definition) is 5. The van der Waals surface area contributed by atoms with Crippen LogP contribution in [0, 0.1) is 0 Å². The summed E-state index contributed by atoms with van der Waals surface area (Å²) in [5, 5.41) is 3.49. The Bertz CT molecular complexity index is 993. The van der Waals surface area contributed by atoms with E-state index in [1.807, 2.05) is 35.2 Å². The average Bonchev–Trinajstić information content (AvgIpc) is 3.37. The van der Waals surface area contributed by atoms with Crippen LogP contribution < -0.4 is 10.1 Å². The third kappa shape index (κ3) is 5.05. The van der Waals surface area contributed by atoms with Crippen LogP contribution in [-0.2, 0) is 9.59 Å². The van der Waals surface area contributed by atoms with Gasteiger partial charge < -0.3 is 10.1 Å². The Labute approximate surface area is 191 Å². The summed E-state index contributed by atoms with van der Waals surface area (Å²) in [5.41, 5.74) is 1.29. The topological polar surface area (TPSA) is 71.0 Å². The second-order valence-corrected chi connectivity index (χ2v) is 9.19. The number of amides is 2. The van der Waals surface area contributed by atoms with Crippen LogP contribution in [0.15, 0.2) is 53.5 Å². The highest BCUT2D eigenvalue weighted by Gasteiger charge is 2.43. The summed E-state index contributed by atoms with van der Waals surface area (Å²) in [6.07, 6.45) is 4.21. The predicted octanol–water partition coefficient (Wildman–Crippen LogP) is 5.25. The molecule has 8 heteroatoms. The quantitative estimate of drug-likeness (QED) is 0.642. The summed E-state index contributed by atoms with van der Waals surface area (Å²) in [4.78, 5) is 32.6. The van der Waals surface area contributed by atoms with Crippen molar-refractivity contribution in [3.8, 4) is 5.75 Å². The molecule has 31 heavy (non-hydrogen) atoms. The zero-order valence-corrected chi connectivity index (χ0v) is 18.8. The van der Waals surface area contributed by atoms with Gasteiger partial charge in [-0.1, -0.05) is 54.4 Å². The van der Waals surface area contributed by atoms with Crippen LogP contribution in [0.2, 0.25) is 5.02 Å². The molecular weight excluding hydrogens is 434 g/mol. The van der Waals surface area contributed by atoms with E-state index in [4.69, 9.17) is 21.3 Å². The zero-order chi connectivity index (χ0) is 21.8. The summed E-state index contributed by atoms with van der Waals surface area (Å²) < 4.78 is 5.29. The third-order valence-corrected chi connectivity index (χ3v) is 6.83. The first-order valence-corrected chi connectivity index (χ1v) is 11.6. The standard InChI is InChI=1S/C23H24ClN3O3S/c1-30-19-12-11-15(24)13-18(19)26-21(28)14-20-22(29)27(17-9-5-6-10-17)23(31-20)25-16-7-3-2-4-8-16/h2-4,7-8,11-13,17,20H,5-6,9-10,14H2,1H3,(H,26,28). The molecule has 2 aliphatic rings. The second kappa shape index (κ2) is 9.75. The number of carbonyl (C=O) groups is 2. The van der Waals surface area contributed by atoms with Crippen molar-refractivity contribution in [3.05, 3.63) is 53.6 Å². The first-order valence-electron chi connectivity index (χ1n) is 10.3. The van der Waals surface area contributed by atoms with E-state index in [-0.39, 0.29) is 24.3 Å². The monoisotopic (exact) mass is 457 g/mol. The van der Waals surface area contributed by atoms with Gasteiger partial charge in [-0.3, -0.25) is 14.5 Å². The van der Waals surface area contributed by atoms with Crippen LogP contribution in [0.25, 0.3) is 0 Å². The number of carbonyl (C=O) groups excluding carboxylic acids is 2. The molecule has 1 saturated heterocycles. The van der Waals surface area contributed by atoms with Crippen molar-refractivity contribution >= 4 is 51.7 Å². The number of halogens is 1. The maximum absolute atomic E-state index is 13.3. The zero-order valence-electron chi connectivity index (χ0n) is 17.2. The first-order chi connectivity index (χ1) is 15.0. The molecule has 2 aromatic rings. The fourth-order valence-corrected chi connectivity index (χ4v) is 5.34. The van der Waals surface area contributed by atoms with Gasteiger partial charge in [0.2, 0.25) is 11.8 Å². The molecule has 0 radical (unpaired) electrons. The van der Waals surface area contributed by atoms with E-state index < -0.39 is 5.25 Å². The SMILES string of the molecule is COc1ccc(Cl)cc1NC(=O)CC1SC(=Nc2ccccc2)N(C2CCCC2)C1=O. The Balaban J connectivity index is 1.52. The molecule has 2 aromatic carbocycles. The smallest absolute Gasteiger partial charge is 0.242 e. The number of nitrogens with zero attached hydrogens (tertiary/aromatic N) is 2. The minimum absolute atomic E-state index is 0.0419. The molecule has 0 bridgehead atoms. The molecule has 1 atom stereocenters. The van der Waals surface area contributed by atoms with Gasteiger partial charge in [-0.15, -0.1) is 0 Å². The minimum atomic E-state index is -0.506. The number of methoxy groups -OCH3 is 1. The molecule has 162 valence electrons. The van der Waals surface area contributed by atoms with E-state index in [2.05, 4.69) is 5.32 Å². The van der Waals surface area contributed by atoms with Gasteiger partial charge >= 0.3 is 0 Å². The van der Waals surface area contributed by atoms with Crippen molar-refractivity contribution in [1.82, 2.24) is 4.90 Å². The second-order valence-electron chi connectivity index (χ2n) is 7.58. The van der Waals surface area contributed by atoms with Crippen LogP contribution in [0.4, 0.5) is 11.4 Å². The van der Waals surface area contributed by atoms with Gasteiger partial charge in [0.05, 0.1) is 18.5 Å². The number of ether oxygens (including phenoxy) is 1. The van der Waals surface area contributed by atoms with Crippen molar-refractivity contribution in [2.24, 2.45) is 4.99 Å². The van der Waals surface area contributed by atoms with Gasteiger partial charge in [0.1, 0.15) is 11.0 Å². The van der Waals surface area contributed by atoms with Crippen LogP contribution in [0.3, 0.4) is 0 Å². The molecule has 1 aliphatic carbocycles. The Kier molecular flexibility index (Phi) is 6.83. The van der Waals surface area contributed by atoms with E-state index >= 15 is 0 Å². The van der Waals surface area contributed by atoms with E-state index in [9.17, 15) is 9.59 Å². The number of anilines is 1.